The number of thiazole rings is 1. The summed E-state index contributed by atoms with van der Waals surface area (Å²) in [4.78, 5) is 16.2. The van der Waals surface area contributed by atoms with Crippen LogP contribution in [0.25, 0.3) is 0 Å². The van der Waals surface area contributed by atoms with Gasteiger partial charge in [-0.1, -0.05) is 26.0 Å². The van der Waals surface area contributed by atoms with Crippen LogP contribution in [-0.2, 0) is 12.0 Å². The Morgan fingerprint density at radius 3 is 2.55 bits per heavy atom. The molecule has 0 atom stereocenters. The first-order chi connectivity index (χ1) is 9.92. The summed E-state index contributed by atoms with van der Waals surface area (Å²) in [6.45, 7) is 4.76. The Morgan fingerprint density at radius 1 is 1.36 bits per heavy atom. The number of nitrogens with two attached hydrogens (primary N) is 1. The lowest BCUT2D eigenvalue weighted by Crippen LogP contribution is -2.36. The fourth-order valence-corrected chi connectivity index (χ4v) is 2.56. The van der Waals surface area contributed by atoms with Crippen LogP contribution in [-0.4, -0.2) is 17.4 Å². The van der Waals surface area contributed by atoms with Crippen molar-refractivity contribution in [3.63, 3.8) is 0 Å². The van der Waals surface area contributed by atoms with Crippen LogP contribution < -0.4 is 11.1 Å². The number of benzene rings is 1. The lowest BCUT2D eigenvalue weighted by molar-refractivity contribution is 0.0941. The number of nitrogens with zero attached hydrogens (tertiary/aromatic N) is 1. The summed E-state index contributed by atoms with van der Waals surface area (Å²) < 4.78 is 13.0. The third-order valence-corrected chi connectivity index (χ3v) is 4.15. The molecule has 1 heterocycles. The summed E-state index contributed by atoms with van der Waals surface area (Å²) in [6, 6.07) is 6.31. The molecule has 4 nitrogen and oxygen atoms in total. The van der Waals surface area contributed by atoms with Gasteiger partial charge in [-0.05, 0) is 17.7 Å². The first kappa shape index (κ1) is 18.5. The second-order valence-corrected chi connectivity index (χ2v) is 6.35. The standard InChI is InChI=1S/C15H18FN3OS.ClH/c1-15(2,10-3-5-11(16)6-4-10)9-18-14(20)12-8-21-13(7-17)19-12;/h3-6,8H,7,9,17H2,1-2H3,(H,18,20);1H. The molecule has 3 N–H and O–H groups in total. The third-order valence-electron chi connectivity index (χ3n) is 3.28. The zero-order valence-electron chi connectivity index (χ0n) is 12.4. The maximum Gasteiger partial charge on any atom is 0.270 e. The zero-order valence-corrected chi connectivity index (χ0v) is 14.1. The van der Waals surface area contributed by atoms with Crippen molar-refractivity contribution < 1.29 is 9.18 Å². The Balaban J connectivity index is 0.00000242. The molecule has 1 amide bonds. The van der Waals surface area contributed by atoms with Gasteiger partial charge in [0.15, 0.2) is 0 Å². The molecule has 0 bridgehead atoms. The number of carbonyl (C=O) groups is 1. The van der Waals surface area contributed by atoms with Crippen LogP contribution in [0.15, 0.2) is 29.6 Å². The number of halogens is 2. The highest BCUT2D eigenvalue weighted by molar-refractivity contribution is 7.09. The summed E-state index contributed by atoms with van der Waals surface area (Å²) in [5.74, 6) is -0.489. The monoisotopic (exact) mass is 343 g/mol. The van der Waals surface area contributed by atoms with E-state index in [4.69, 9.17) is 5.73 Å². The molecule has 1 aromatic carbocycles. The minimum absolute atomic E-state index is 0. The molecule has 2 aromatic rings. The van der Waals surface area contributed by atoms with Crippen LogP contribution in [0.2, 0.25) is 0 Å². The summed E-state index contributed by atoms with van der Waals surface area (Å²) in [5, 5.41) is 5.29. The van der Waals surface area contributed by atoms with Gasteiger partial charge >= 0.3 is 0 Å². The van der Waals surface area contributed by atoms with Crippen molar-refractivity contribution in [2.45, 2.75) is 25.8 Å². The molecule has 22 heavy (non-hydrogen) atoms. The fraction of sp³-hybridized carbons (Fsp3) is 0.333. The molecule has 0 saturated heterocycles. The highest BCUT2D eigenvalue weighted by Crippen LogP contribution is 2.22. The summed E-state index contributed by atoms with van der Waals surface area (Å²) in [7, 11) is 0. The van der Waals surface area contributed by atoms with Gasteiger partial charge in [0, 0.05) is 23.9 Å². The molecule has 0 fully saturated rings. The fourth-order valence-electron chi connectivity index (χ4n) is 1.90. The first-order valence-electron chi connectivity index (χ1n) is 6.61. The van der Waals surface area contributed by atoms with E-state index in [0.717, 1.165) is 10.6 Å². The van der Waals surface area contributed by atoms with E-state index in [2.05, 4.69) is 10.3 Å². The van der Waals surface area contributed by atoms with Gasteiger partial charge in [0.2, 0.25) is 0 Å². The lowest BCUT2D eigenvalue weighted by Gasteiger charge is -2.25. The minimum Gasteiger partial charge on any atom is -0.350 e. The van der Waals surface area contributed by atoms with Crippen molar-refractivity contribution >= 4 is 29.7 Å². The largest absolute Gasteiger partial charge is 0.350 e. The summed E-state index contributed by atoms with van der Waals surface area (Å²) in [6.07, 6.45) is 0. The predicted molar refractivity (Wildman–Crippen MR) is 89.0 cm³/mol. The number of rotatable bonds is 5. The molecule has 0 radical (unpaired) electrons. The van der Waals surface area contributed by atoms with E-state index < -0.39 is 0 Å². The van der Waals surface area contributed by atoms with Crippen LogP contribution in [0.3, 0.4) is 0 Å². The van der Waals surface area contributed by atoms with E-state index in [0.29, 0.717) is 18.8 Å². The van der Waals surface area contributed by atoms with E-state index in [1.54, 1.807) is 17.5 Å². The van der Waals surface area contributed by atoms with Crippen molar-refractivity contribution in [2.24, 2.45) is 5.73 Å². The molecular weight excluding hydrogens is 325 g/mol. The third kappa shape index (κ3) is 4.50. The number of amides is 1. The molecule has 120 valence electrons. The average Bonchev–Trinajstić information content (AvgIpc) is 2.94. The van der Waals surface area contributed by atoms with Gasteiger partial charge in [-0.3, -0.25) is 4.79 Å². The van der Waals surface area contributed by atoms with Crippen LogP contribution in [0.4, 0.5) is 4.39 Å². The summed E-state index contributed by atoms with van der Waals surface area (Å²) in [5.41, 5.74) is 6.53. The Morgan fingerprint density at radius 2 is 2.00 bits per heavy atom. The zero-order chi connectivity index (χ0) is 15.5. The second kappa shape index (κ2) is 7.67. The molecule has 0 saturated carbocycles. The van der Waals surface area contributed by atoms with Gasteiger partial charge in [0.1, 0.15) is 16.5 Å². The molecule has 0 aliphatic carbocycles. The number of hydrogen-bond acceptors (Lipinski definition) is 4. The molecule has 0 unspecified atom stereocenters. The summed E-state index contributed by atoms with van der Waals surface area (Å²) >= 11 is 1.37. The number of aromatic nitrogens is 1. The van der Waals surface area contributed by atoms with Crippen molar-refractivity contribution in [1.29, 1.82) is 0 Å². The minimum atomic E-state index is -0.296. The lowest BCUT2D eigenvalue weighted by atomic mass is 9.84. The van der Waals surface area contributed by atoms with Gasteiger partial charge in [-0.25, -0.2) is 9.37 Å². The van der Waals surface area contributed by atoms with E-state index in [9.17, 15) is 9.18 Å². The van der Waals surface area contributed by atoms with Gasteiger partial charge in [-0.2, -0.15) is 0 Å². The maximum absolute atomic E-state index is 13.0. The highest BCUT2D eigenvalue weighted by Gasteiger charge is 2.22. The van der Waals surface area contributed by atoms with Crippen molar-refractivity contribution in [3.8, 4) is 0 Å². The van der Waals surface area contributed by atoms with Gasteiger partial charge in [0.05, 0.1) is 0 Å². The molecule has 1 aromatic heterocycles. The van der Waals surface area contributed by atoms with Crippen LogP contribution >= 0.6 is 23.7 Å². The van der Waals surface area contributed by atoms with E-state index in [1.807, 2.05) is 13.8 Å². The Bertz CT molecular complexity index is 628. The molecule has 0 aliphatic rings. The van der Waals surface area contributed by atoms with E-state index >= 15 is 0 Å². The van der Waals surface area contributed by atoms with Crippen molar-refractivity contribution in [1.82, 2.24) is 10.3 Å². The van der Waals surface area contributed by atoms with Crippen LogP contribution in [0, 0.1) is 5.82 Å². The van der Waals surface area contributed by atoms with E-state index in [-0.39, 0.29) is 29.5 Å². The van der Waals surface area contributed by atoms with Gasteiger partial charge in [0.25, 0.3) is 5.91 Å². The first-order valence-corrected chi connectivity index (χ1v) is 7.49. The topological polar surface area (TPSA) is 68.0 Å². The van der Waals surface area contributed by atoms with Crippen molar-refractivity contribution in [3.05, 3.63) is 51.7 Å². The quantitative estimate of drug-likeness (QED) is 0.877. The maximum atomic E-state index is 13.0. The molecule has 0 spiro atoms. The van der Waals surface area contributed by atoms with E-state index in [1.165, 1.54) is 23.5 Å². The second-order valence-electron chi connectivity index (χ2n) is 5.40. The highest BCUT2D eigenvalue weighted by atomic mass is 35.5. The predicted octanol–water partition coefficient (Wildman–Crippen LogP) is 2.87. The molecule has 2 rings (SSSR count). The Labute approximate surface area is 139 Å². The number of hydrogen-bond donors (Lipinski definition) is 2. The van der Waals surface area contributed by atoms with Crippen molar-refractivity contribution in [2.75, 3.05) is 6.54 Å². The van der Waals surface area contributed by atoms with Crippen LogP contribution in [0.1, 0.15) is 34.9 Å². The van der Waals surface area contributed by atoms with Gasteiger partial charge < -0.3 is 11.1 Å². The normalized spacial score (nSPS) is 10.9. The van der Waals surface area contributed by atoms with Gasteiger partial charge in [-0.15, -0.1) is 23.7 Å². The Kier molecular flexibility index (Phi) is 6.47. The number of nitrogens with one attached hydrogen (secondary N) is 1. The molecule has 0 aliphatic heterocycles. The average molecular weight is 344 g/mol. The molecule has 7 heteroatoms. The number of carbonyl (C=O) groups excluding carboxylic acids is 1. The molecular formula is C15H19ClFN3OS. The SMILES string of the molecule is CC(C)(CNC(=O)c1csc(CN)n1)c1ccc(F)cc1.Cl. The van der Waals surface area contributed by atoms with Crippen LogP contribution in [0.5, 0.6) is 0 Å². The Hall–Kier alpha value is -1.50. The smallest absolute Gasteiger partial charge is 0.270 e.